The number of nitrogens with zero attached hydrogens (tertiary/aromatic N) is 1. The Hall–Kier alpha value is -5.51. The van der Waals surface area contributed by atoms with E-state index in [0.29, 0.717) is 43.7 Å². The highest BCUT2D eigenvalue weighted by molar-refractivity contribution is 5.91. The molecular weight excluding hydrogens is 747 g/mol. The minimum Gasteiger partial charge on any atom is -0.497 e. The lowest BCUT2D eigenvalue weighted by Crippen LogP contribution is -2.38. The summed E-state index contributed by atoms with van der Waals surface area (Å²) in [6.45, 7) is 0.188. The molecule has 0 aliphatic carbocycles. The lowest BCUT2D eigenvalue weighted by atomic mass is 9.80. The van der Waals surface area contributed by atoms with Crippen molar-refractivity contribution in [1.82, 2.24) is 14.9 Å². The summed E-state index contributed by atoms with van der Waals surface area (Å²) in [5.41, 5.74) is -0.323. The van der Waals surface area contributed by atoms with Crippen LogP contribution in [0.2, 0.25) is 0 Å². The molecule has 0 spiro atoms. The van der Waals surface area contributed by atoms with Gasteiger partial charge in [-0.2, -0.15) is 13.2 Å². The molecule has 4 aromatic rings. The van der Waals surface area contributed by atoms with Crippen molar-refractivity contribution in [2.45, 2.75) is 75.2 Å². The Kier molecular flexibility index (Phi) is 14.6. The highest BCUT2D eigenvalue weighted by atomic mass is 19.4. The fourth-order valence-electron chi connectivity index (χ4n) is 6.67. The number of halogens is 3. The second-order valence-electron chi connectivity index (χ2n) is 13.6. The van der Waals surface area contributed by atoms with E-state index in [0.717, 1.165) is 27.3 Å². The molecule has 1 fully saturated rings. The number of carbonyl (C=O) groups excluding carboxylic acids is 2. The van der Waals surface area contributed by atoms with Gasteiger partial charge in [-0.05, 0) is 59.9 Å². The number of hydrogen-bond acceptors (Lipinski definition) is 9. The zero-order valence-corrected chi connectivity index (χ0v) is 31.6. The number of ether oxygens (including phenoxy) is 4. The van der Waals surface area contributed by atoms with Crippen molar-refractivity contribution >= 4 is 17.8 Å². The third-order valence-corrected chi connectivity index (χ3v) is 9.76. The number of hydrogen-bond donors (Lipinski definition) is 3. The Bertz CT molecular complexity index is 2040. The fraction of sp³-hybridized carbons (Fsp3) is 0.381. The van der Waals surface area contributed by atoms with Crippen molar-refractivity contribution in [3.05, 3.63) is 134 Å². The Morgan fingerprint density at radius 3 is 2.05 bits per heavy atom. The number of methoxy groups -OCH3 is 2. The zero-order valence-electron chi connectivity index (χ0n) is 31.6. The first-order valence-electron chi connectivity index (χ1n) is 18.6. The van der Waals surface area contributed by atoms with Crippen LogP contribution in [0.5, 0.6) is 11.5 Å². The number of alkyl halides is 3. The summed E-state index contributed by atoms with van der Waals surface area (Å²) in [6, 6.07) is 24.5. The Morgan fingerprint density at radius 2 is 1.46 bits per heavy atom. The minimum atomic E-state index is -4.80. The van der Waals surface area contributed by atoms with Crippen LogP contribution in [0.1, 0.15) is 73.4 Å². The molecule has 1 amide bonds. The van der Waals surface area contributed by atoms with Gasteiger partial charge in [-0.1, -0.05) is 73.9 Å². The summed E-state index contributed by atoms with van der Waals surface area (Å²) >= 11 is 0. The number of aliphatic hydroxyl groups excluding tert-OH is 1. The molecule has 0 unspecified atom stereocenters. The van der Waals surface area contributed by atoms with Crippen LogP contribution in [-0.4, -0.2) is 72.1 Å². The summed E-state index contributed by atoms with van der Waals surface area (Å²) in [7, 11) is 3.16. The second-order valence-corrected chi connectivity index (χ2v) is 13.6. The van der Waals surface area contributed by atoms with Crippen LogP contribution in [0, 0.1) is 0 Å². The molecule has 1 aromatic heterocycles. The molecule has 0 saturated carbocycles. The smallest absolute Gasteiger partial charge is 0.449 e. The Labute approximate surface area is 327 Å². The molecule has 0 radical (unpaired) electrons. The van der Waals surface area contributed by atoms with Gasteiger partial charge in [0.1, 0.15) is 29.4 Å². The van der Waals surface area contributed by atoms with Gasteiger partial charge >= 0.3 is 11.9 Å². The summed E-state index contributed by atoms with van der Waals surface area (Å²) < 4.78 is 62.0. The van der Waals surface area contributed by atoms with Gasteiger partial charge in [0.15, 0.2) is 0 Å². The second kappa shape index (κ2) is 19.6. The molecule has 5 rings (SSSR count). The number of benzene rings is 3. The maximum absolute atomic E-state index is 13.0. The van der Waals surface area contributed by atoms with Gasteiger partial charge in [0.2, 0.25) is 11.7 Å². The number of Topliss-reactive ketones (excluding diaryl/α,β-unsaturated/α-hetero) is 1. The van der Waals surface area contributed by atoms with E-state index in [1.807, 2.05) is 78.9 Å². The number of nitrogens with one attached hydrogen (secondary N) is 2. The average Bonchev–Trinajstić information content (AvgIpc) is 3.58. The minimum absolute atomic E-state index is 0.00181. The number of aromatic amines is 1. The maximum atomic E-state index is 13.0. The van der Waals surface area contributed by atoms with Gasteiger partial charge < -0.3 is 29.4 Å². The van der Waals surface area contributed by atoms with E-state index in [2.05, 4.69) is 10.3 Å². The van der Waals surface area contributed by atoms with Gasteiger partial charge in [-0.3, -0.25) is 23.9 Å². The molecule has 57 heavy (non-hydrogen) atoms. The van der Waals surface area contributed by atoms with Crippen molar-refractivity contribution in [2.75, 3.05) is 27.4 Å². The van der Waals surface area contributed by atoms with E-state index in [9.17, 15) is 37.5 Å². The first kappa shape index (κ1) is 42.6. The SMILES string of the molecule is COc1ccc(C(OC[C@H]2O[C@@H](n3cc(/C=C/C(=O)NCCCCCCCC(=O)C(F)(F)F)c(=O)[nH]c3=O)C[C@H]2O)(c2ccccc2)c2ccc(OC)cc2)cc1. The number of rotatable bonds is 19. The third-order valence-electron chi connectivity index (χ3n) is 9.76. The fourth-order valence-corrected chi connectivity index (χ4v) is 6.67. The molecule has 12 nitrogen and oxygen atoms in total. The monoisotopic (exact) mass is 793 g/mol. The predicted molar refractivity (Wildman–Crippen MR) is 205 cm³/mol. The lowest BCUT2D eigenvalue weighted by molar-refractivity contribution is -0.171. The third kappa shape index (κ3) is 10.9. The van der Waals surface area contributed by atoms with Crippen LogP contribution in [0.25, 0.3) is 6.08 Å². The first-order valence-corrected chi connectivity index (χ1v) is 18.6. The quantitative estimate of drug-likeness (QED) is 0.0606. The molecule has 1 saturated heterocycles. The number of aliphatic hydroxyl groups is 1. The number of amides is 1. The first-order chi connectivity index (χ1) is 27.3. The number of unbranched alkanes of at least 4 members (excludes halogenated alkanes) is 4. The summed E-state index contributed by atoms with van der Waals surface area (Å²) in [5, 5.41) is 13.9. The molecule has 304 valence electrons. The molecule has 15 heteroatoms. The van der Waals surface area contributed by atoms with Crippen LogP contribution < -0.4 is 26.0 Å². The summed E-state index contributed by atoms with van der Waals surface area (Å²) in [4.78, 5) is 51.3. The van der Waals surface area contributed by atoms with E-state index < -0.39 is 59.6 Å². The summed E-state index contributed by atoms with van der Waals surface area (Å²) in [5.74, 6) is -0.914. The molecule has 3 aromatic carbocycles. The van der Waals surface area contributed by atoms with Crippen molar-refractivity contribution in [3.8, 4) is 11.5 Å². The number of ketones is 1. The van der Waals surface area contributed by atoms with Crippen molar-refractivity contribution in [1.29, 1.82) is 0 Å². The highest BCUT2D eigenvalue weighted by Crippen LogP contribution is 2.42. The molecular formula is C42H46F3N3O9. The van der Waals surface area contributed by atoms with E-state index in [-0.39, 0.29) is 25.0 Å². The zero-order chi connectivity index (χ0) is 41.0. The largest absolute Gasteiger partial charge is 0.497 e. The Morgan fingerprint density at radius 1 is 0.877 bits per heavy atom. The van der Waals surface area contributed by atoms with Crippen molar-refractivity contribution in [2.24, 2.45) is 0 Å². The summed E-state index contributed by atoms with van der Waals surface area (Å²) in [6.07, 6.45) is -2.16. The molecule has 1 aliphatic rings. The Balaban J connectivity index is 1.25. The van der Waals surface area contributed by atoms with Gasteiger partial charge in [0.05, 0.1) is 32.5 Å². The number of carbonyl (C=O) groups is 2. The topological polar surface area (TPSA) is 158 Å². The number of H-pyrrole nitrogens is 1. The van der Waals surface area contributed by atoms with Gasteiger partial charge in [-0.25, -0.2) is 4.79 Å². The van der Waals surface area contributed by atoms with Crippen LogP contribution in [0.4, 0.5) is 13.2 Å². The van der Waals surface area contributed by atoms with Crippen LogP contribution >= 0.6 is 0 Å². The molecule has 2 heterocycles. The van der Waals surface area contributed by atoms with Gasteiger partial charge in [-0.15, -0.1) is 0 Å². The van der Waals surface area contributed by atoms with E-state index in [1.54, 1.807) is 14.2 Å². The molecule has 3 atom stereocenters. The normalized spacial score (nSPS) is 17.1. The standard InChI is InChI=1S/C42H46F3N3O9/c1-54-32-19-15-30(16-20-32)41(29-11-7-6-8-12-29,31-17-21-33(55-2)22-18-31)56-27-35-34(49)25-38(57-35)48-26-28(39(52)47-40(48)53)14-23-37(51)46-24-10-5-3-4-9-13-36(50)42(43,44)45/h6-8,11-12,14-23,26,34-35,38,49H,3-5,9-10,13,24-25,27H2,1-2H3,(H,46,51)(H,47,52,53)/b23-14+/t34-,35-,38-/m1/s1. The predicted octanol–water partition coefficient (Wildman–Crippen LogP) is 5.81. The van der Waals surface area contributed by atoms with E-state index in [1.165, 1.54) is 12.3 Å². The molecule has 1 aliphatic heterocycles. The van der Waals surface area contributed by atoms with Crippen LogP contribution in [0.3, 0.4) is 0 Å². The van der Waals surface area contributed by atoms with Crippen LogP contribution in [0.15, 0.2) is 101 Å². The lowest BCUT2D eigenvalue weighted by Gasteiger charge is -2.37. The van der Waals surface area contributed by atoms with Crippen molar-refractivity contribution < 1.29 is 46.8 Å². The molecule has 0 bridgehead atoms. The van der Waals surface area contributed by atoms with Crippen LogP contribution in [-0.2, 0) is 24.7 Å². The van der Waals surface area contributed by atoms with Gasteiger partial charge in [0, 0.05) is 31.7 Å². The van der Waals surface area contributed by atoms with E-state index >= 15 is 0 Å². The average molecular weight is 794 g/mol. The molecule has 3 N–H and O–H groups in total. The van der Waals surface area contributed by atoms with Gasteiger partial charge in [0.25, 0.3) is 5.56 Å². The highest BCUT2D eigenvalue weighted by Gasteiger charge is 2.42. The number of aromatic nitrogens is 2. The van der Waals surface area contributed by atoms with Crippen molar-refractivity contribution in [3.63, 3.8) is 0 Å². The maximum Gasteiger partial charge on any atom is 0.449 e. The van der Waals surface area contributed by atoms with E-state index in [4.69, 9.17) is 18.9 Å².